The van der Waals surface area contributed by atoms with Gasteiger partial charge in [0, 0.05) is 12.1 Å². The summed E-state index contributed by atoms with van der Waals surface area (Å²) in [5.74, 6) is 3.00. The highest BCUT2D eigenvalue weighted by molar-refractivity contribution is 7.99. The van der Waals surface area contributed by atoms with Gasteiger partial charge in [-0.25, -0.2) is 0 Å². The zero-order valence-electron chi connectivity index (χ0n) is 8.80. The molecule has 0 bridgehead atoms. The molecule has 4 nitrogen and oxygen atoms in total. The molecule has 0 aromatic heterocycles. The molecule has 16 heavy (non-hydrogen) atoms. The number of non-ortho nitro benzene ring substituents is 1. The molecule has 1 heterocycles. The molecule has 0 spiro atoms. The third-order valence-corrected chi connectivity index (χ3v) is 3.57. The molecule has 1 aromatic rings. The number of ether oxygens (including phenoxy) is 1. The van der Waals surface area contributed by atoms with Crippen molar-refractivity contribution in [3.8, 4) is 5.75 Å². The van der Waals surface area contributed by atoms with Gasteiger partial charge in [0.25, 0.3) is 5.69 Å². The number of hydrogen-bond acceptors (Lipinski definition) is 4. The molecule has 0 saturated carbocycles. The van der Waals surface area contributed by atoms with E-state index in [2.05, 4.69) is 0 Å². The highest BCUT2D eigenvalue weighted by Gasteiger charge is 2.15. The Morgan fingerprint density at radius 3 is 2.44 bits per heavy atom. The Labute approximate surface area is 98.1 Å². The summed E-state index contributed by atoms with van der Waals surface area (Å²) < 4.78 is 5.75. The Morgan fingerprint density at radius 2 is 1.88 bits per heavy atom. The van der Waals surface area contributed by atoms with E-state index in [9.17, 15) is 10.1 Å². The van der Waals surface area contributed by atoms with Gasteiger partial charge in [-0.3, -0.25) is 10.1 Å². The summed E-state index contributed by atoms with van der Waals surface area (Å²) in [7, 11) is 0. The number of nitro benzene ring substituents is 1. The van der Waals surface area contributed by atoms with Gasteiger partial charge in [0.05, 0.1) is 4.92 Å². The number of thioether (sulfide) groups is 1. The second kappa shape index (κ2) is 5.21. The predicted octanol–water partition coefficient (Wildman–Crippen LogP) is 2.87. The van der Waals surface area contributed by atoms with Gasteiger partial charge in [0.15, 0.2) is 0 Å². The fourth-order valence-electron chi connectivity index (χ4n) is 1.63. The van der Waals surface area contributed by atoms with E-state index in [1.54, 1.807) is 12.1 Å². The summed E-state index contributed by atoms with van der Waals surface area (Å²) in [5, 5.41) is 10.5. The first-order chi connectivity index (χ1) is 7.75. The van der Waals surface area contributed by atoms with Crippen molar-refractivity contribution in [1.29, 1.82) is 0 Å². The number of nitro groups is 1. The van der Waals surface area contributed by atoms with E-state index in [0.29, 0.717) is 0 Å². The van der Waals surface area contributed by atoms with Crippen LogP contribution in [0.2, 0.25) is 0 Å². The number of rotatable bonds is 3. The highest BCUT2D eigenvalue weighted by Crippen LogP contribution is 2.24. The van der Waals surface area contributed by atoms with Gasteiger partial charge in [-0.05, 0) is 36.5 Å². The summed E-state index contributed by atoms with van der Waals surface area (Å²) in [4.78, 5) is 10.1. The number of nitrogens with zero attached hydrogens (tertiary/aromatic N) is 1. The van der Waals surface area contributed by atoms with Crippen molar-refractivity contribution in [1.82, 2.24) is 0 Å². The SMILES string of the molecule is O=[N+]([O-])c1ccc(OC2CCSCC2)cc1. The van der Waals surface area contributed by atoms with Crippen LogP contribution in [-0.4, -0.2) is 22.5 Å². The van der Waals surface area contributed by atoms with Gasteiger partial charge >= 0.3 is 0 Å². The Balaban J connectivity index is 1.96. The van der Waals surface area contributed by atoms with Crippen molar-refractivity contribution in [3.63, 3.8) is 0 Å². The van der Waals surface area contributed by atoms with Crippen LogP contribution >= 0.6 is 11.8 Å². The maximum absolute atomic E-state index is 10.5. The van der Waals surface area contributed by atoms with E-state index < -0.39 is 4.92 Å². The molecule has 0 N–H and O–H groups in total. The van der Waals surface area contributed by atoms with Crippen molar-refractivity contribution in [2.45, 2.75) is 18.9 Å². The monoisotopic (exact) mass is 239 g/mol. The topological polar surface area (TPSA) is 52.4 Å². The largest absolute Gasteiger partial charge is 0.490 e. The maximum atomic E-state index is 10.5. The Kier molecular flexibility index (Phi) is 3.66. The first-order valence-electron chi connectivity index (χ1n) is 5.24. The molecule has 2 rings (SSSR count). The van der Waals surface area contributed by atoms with Crippen LogP contribution in [0.1, 0.15) is 12.8 Å². The van der Waals surface area contributed by atoms with Crippen LogP contribution < -0.4 is 4.74 Å². The zero-order valence-corrected chi connectivity index (χ0v) is 9.61. The zero-order chi connectivity index (χ0) is 11.4. The molecule has 0 amide bonds. The van der Waals surface area contributed by atoms with Gasteiger partial charge in [-0.15, -0.1) is 0 Å². The van der Waals surface area contributed by atoms with E-state index in [1.165, 1.54) is 12.1 Å². The summed E-state index contributed by atoms with van der Waals surface area (Å²) in [6.07, 6.45) is 2.38. The van der Waals surface area contributed by atoms with Crippen LogP contribution in [0.15, 0.2) is 24.3 Å². The molecule has 1 fully saturated rings. The fourth-order valence-corrected chi connectivity index (χ4v) is 2.70. The molecule has 1 aliphatic rings. The molecule has 86 valence electrons. The van der Waals surface area contributed by atoms with Crippen molar-refractivity contribution < 1.29 is 9.66 Å². The van der Waals surface area contributed by atoms with Crippen LogP contribution in [0.3, 0.4) is 0 Å². The average molecular weight is 239 g/mol. The second-order valence-corrected chi connectivity index (χ2v) is 4.91. The fraction of sp³-hybridized carbons (Fsp3) is 0.455. The lowest BCUT2D eigenvalue weighted by Gasteiger charge is -2.22. The Bertz CT molecular complexity index is 360. The molecule has 0 unspecified atom stereocenters. The van der Waals surface area contributed by atoms with E-state index in [0.717, 1.165) is 30.1 Å². The van der Waals surface area contributed by atoms with E-state index in [4.69, 9.17) is 4.74 Å². The number of benzene rings is 1. The lowest BCUT2D eigenvalue weighted by molar-refractivity contribution is -0.384. The van der Waals surface area contributed by atoms with Gasteiger partial charge in [0.1, 0.15) is 11.9 Å². The highest BCUT2D eigenvalue weighted by atomic mass is 32.2. The van der Waals surface area contributed by atoms with Crippen molar-refractivity contribution >= 4 is 17.4 Å². The van der Waals surface area contributed by atoms with Crippen LogP contribution in [0.5, 0.6) is 5.75 Å². The van der Waals surface area contributed by atoms with E-state index in [-0.39, 0.29) is 11.8 Å². The molecular weight excluding hydrogens is 226 g/mol. The first-order valence-corrected chi connectivity index (χ1v) is 6.40. The molecular formula is C11H13NO3S. The molecule has 1 saturated heterocycles. The summed E-state index contributed by atoms with van der Waals surface area (Å²) in [6, 6.07) is 6.29. The standard InChI is InChI=1S/C11H13NO3S/c13-12(14)9-1-3-10(4-2-9)15-11-5-7-16-8-6-11/h1-4,11H,5-8H2. The normalized spacial score (nSPS) is 17.0. The third-order valence-electron chi connectivity index (χ3n) is 2.52. The van der Waals surface area contributed by atoms with E-state index in [1.807, 2.05) is 11.8 Å². The molecule has 1 aromatic carbocycles. The van der Waals surface area contributed by atoms with E-state index >= 15 is 0 Å². The lowest BCUT2D eigenvalue weighted by atomic mass is 10.2. The summed E-state index contributed by atoms with van der Waals surface area (Å²) >= 11 is 1.95. The quantitative estimate of drug-likeness (QED) is 0.601. The molecule has 0 aliphatic carbocycles. The minimum absolute atomic E-state index is 0.103. The van der Waals surface area contributed by atoms with Crippen molar-refractivity contribution in [2.24, 2.45) is 0 Å². The van der Waals surface area contributed by atoms with Crippen LogP contribution in [0.4, 0.5) is 5.69 Å². The molecule has 0 radical (unpaired) electrons. The molecule has 0 atom stereocenters. The van der Waals surface area contributed by atoms with Crippen LogP contribution in [0, 0.1) is 10.1 Å². The first kappa shape index (κ1) is 11.3. The Morgan fingerprint density at radius 1 is 1.25 bits per heavy atom. The third kappa shape index (κ3) is 2.88. The summed E-state index contributed by atoms with van der Waals surface area (Å²) in [6.45, 7) is 0. The maximum Gasteiger partial charge on any atom is 0.269 e. The average Bonchev–Trinajstić information content (AvgIpc) is 2.31. The van der Waals surface area contributed by atoms with Crippen LogP contribution in [-0.2, 0) is 0 Å². The predicted molar refractivity (Wildman–Crippen MR) is 64.1 cm³/mol. The van der Waals surface area contributed by atoms with Crippen LogP contribution in [0.25, 0.3) is 0 Å². The smallest absolute Gasteiger partial charge is 0.269 e. The minimum atomic E-state index is -0.402. The Hall–Kier alpha value is -1.23. The minimum Gasteiger partial charge on any atom is -0.490 e. The second-order valence-electron chi connectivity index (χ2n) is 3.68. The molecule has 1 aliphatic heterocycles. The van der Waals surface area contributed by atoms with Gasteiger partial charge in [-0.2, -0.15) is 11.8 Å². The molecule has 5 heteroatoms. The lowest BCUT2D eigenvalue weighted by Crippen LogP contribution is -2.21. The van der Waals surface area contributed by atoms with Crippen molar-refractivity contribution in [2.75, 3.05) is 11.5 Å². The van der Waals surface area contributed by atoms with Gasteiger partial charge in [0.2, 0.25) is 0 Å². The number of hydrogen-bond donors (Lipinski definition) is 0. The van der Waals surface area contributed by atoms with Gasteiger partial charge in [-0.1, -0.05) is 0 Å². The van der Waals surface area contributed by atoms with Gasteiger partial charge < -0.3 is 4.74 Å². The summed E-state index contributed by atoms with van der Waals surface area (Å²) in [5.41, 5.74) is 0.103. The van der Waals surface area contributed by atoms with Crippen molar-refractivity contribution in [3.05, 3.63) is 34.4 Å².